The lowest BCUT2D eigenvalue weighted by atomic mass is 9.94. The number of hydrogen-bond donors (Lipinski definition) is 2. The second-order valence-corrected chi connectivity index (χ2v) is 2.97. The number of nitrogens with one attached hydrogen (secondary N) is 1. The fraction of sp³-hybridized carbons (Fsp3) is 1.00. The Balaban J connectivity index is 2.23. The van der Waals surface area contributed by atoms with E-state index in [0.29, 0.717) is 6.04 Å². The maximum absolute atomic E-state index is 5.73. The molecule has 9 heavy (non-hydrogen) atoms. The summed E-state index contributed by atoms with van der Waals surface area (Å²) in [6.45, 7) is 4.40. The first kappa shape index (κ1) is 7.03. The third kappa shape index (κ3) is 1.95. The van der Waals surface area contributed by atoms with Crippen molar-refractivity contribution in [2.24, 2.45) is 11.7 Å². The largest absolute Gasteiger partial charge is 0.328 e. The summed E-state index contributed by atoms with van der Waals surface area (Å²) in [5.74, 6) is 0.721. The smallest absolute Gasteiger partial charge is 0.00508 e. The SMILES string of the molecule is C[C@@H](N)[C@@H]1CCCNC1. The van der Waals surface area contributed by atoms with Gasteiger partial charge in [-0.2, -0.15) is 0 Å². The van der Waals surface area contributed by atoms with Gasteiger partial charge < -0.3 is 11.1 Å². The fourth-order valence-electron chi connectivity index (χ4n) is 1.33. The molecule has 2 atom stereocenters. The summed E-state index contributed by atoms with van der Waals surface area (Å²) in [5.41, 5.74) is 5.73. The first-order valence-electron chi connectivity index (χ1n) is 3.77. The van der Waals surface area contributed by atoms with Gasteiger partial charge in [-0.1, -0.05) is 0 Å². The van der Waals surface area contributed by atoms with E-state index in [1.165, 1.54) is 19.4 Å². The van der Waals surface area contributed by atoms with E-state index in [2.05, 4.69) is 12.2 Å². The van der Waals surface area contributed by atoms with E-state index in [4.69, 9.17) is 5.73 Å². The van der Waals surface area contributed by atoms with Gasteiger partial charge in [0, 0.05) is 6.04 Å². The lowest BCUT2D eigenvalue weighted by Gasteiger charge is -2.25. The minimum Gasteiger partial charge on any atom is -0.328 e. The van der Waals surface area contributed by atoms with Crippen LogP contribution in [0, 0.1) is 5.92 Å². The van der Waals surface area contributed by atoms with Gasteiger partial charge in [-0.3, -0.25) is 0 Å². The number of nitrogens with two attached hydrogens (primary N) is 1. The minimum atomic E-state index is 0.373. The van der Waals surface area contributed by atoms with Crippen LogP contribution in [0.2, 0.25) is 0 Å². The van der Waals surface area contributed by atoms with E-state index in [1.807, 2.05) is 0 Å². The molecule has 0 saturated carbocycles. The van der Waals surface area contributed by atoms with Gasteiger partial charge >= 0.3 is 0 Å². The molecule has 2 nitrogen and oxygen atoms in total. The Kier molecular flexibility index (Phi) is 2.49. The van der Waals surface area contributed by atoms with Gasteiger partial charge in [0.05, 0.1) is 0 Å². The predicted molar refractivity (Wildman–Crippen MR) is 39.2 cm³/mol. The van der Waals surface area contributed by atoms with Crippen LogP contribution in [0.1, 0.15) is 19.8 Å². The van der Waals surface area contributed by atoms with Crippen molar-refractivity contribution in [2.45, 2.75) is 25.8 Å². The maximum atomic E-state index is 5.73. The van der Waals surface area contributed by atoms with Gasteiger partial charge in [-0.25, -0.2) is 0 Å². The Labute approximate surface area is 56.8 Å². The van der Waals surface area contributed by atoms with Crippen molar-refractivity contribution in [3.63, 3.8) is 0 Å². The van der Waals surface area contributed by atoms with Gasteiger partial charge in [0.15, 0.2) is 0 Å². The third-order valence-electron chi connectivity index (χ3n) is 2.08. The molecule has 1 fully saturated rings. The molecule has 0 aliphatic carbocycles. The van der Waals surface area contributed by atoms with Gasteiger partial charge in [0.25, 0.3) is 0 Å². The van der Waals surface area contributed by atoms with Crippen molar-refractivity contribution in [1.82, 2.24) is 5.32 Å². The predicted octanol–water partition coefficient (Wildman–Crippen LogP) is 0.333. The minimum absolute atomic E-state index is 0.373. The number of hydrogen-bond acceptors (Lipinski definition) is 2. The average molecular weight is 128 g/mol. The molecule has 1 rings (SSSR count). The number of piperidine rings is 1. The molecule has 0 bridgehead atoms. The zero-order chi connectivity index (χ0) is 6.69. The van der Waals surface area contributed by atoms with E-state index in [-0.39, 0.29) is 0 Å². The van der Waals surface area contributed by atoms with Gasteiger partial charge in [0.2, 0.25) is 0 Å². The van der Waals surface area contributed by atoms with Crippen LogP contribution in [0.25, 0.3) is 0 Å². The molecule has 0 spiro atoms. The van der Waals surface area contributed by atoms with E-state index >= 15 is 0 Å². The van der Waals surface area contributed by atoms with E-state index < -0.39 is 0 Å². The van der Waals surface area contributed by atoms with Crippen molar-refractivity contribution in [3.05, 3.63) is 0 Å². The van der Waals surface area contributed by atoms with Crippen LogP contribution >= 0.6 is 0 Å². The van der Waals surface area contributed by atoms with Crippen molar-refractivity contribution in [1.29, 1.82) is 0 Å². The molecule has 3 N–H and O–H groups in total. The Hall–Kier alpha value is -0.0800. The van der Waals surface area contributed by atoms with Crippen molar-refractivity contribution in [3.8, 4) is 0 Å². The molecule has 2 heteroatoms. The zero-order valence-electron chi connectivity index (χ0n) is 6.06. The molecule has 1 aliphatic rings. The molecule has 1 heterocycles. The normalized spacial score (nSPS) is 32.0. The molecular weight excluding hydrogens is 112 g/mol. The van der Waals surface area contributed by atoms with Crippen LogP contribution in [0.3, 0.4) is 0 Å². The lowest BCUT2D eigenvalue weighted by Crippen LogP contribution is -2.39. The van der Waals surface area contributed by atoms with Crippen molar-refractivity contribution < 1.29 is 0 Å². The molecule has 0 radical (unpaired) electrons. The molecule has 0 aromatic heterocycles. The summed E-state index contributed by atoms with van der Waals surface area (Å²) in [5, 5.41) is 3.34. The standard InChI is InChI=1S/C7H16N2/c1-6(8)7-3-2-4-9-5-7/h6-7,9H,2-5,8H2,1H3/t6-,7-/m1/s1. The second-order valence-electron chi connectivity index (χ2n) is 2.97. The van der Waals surface area contributed by atoms with Gasteiger partial charge in [0.1, 0.15) is 0 Å². The molecule has 0 unspecified atom stereocenters. The van der Waals surface area contributed by atoms with Crippen LogP contribution in [0.5, 0.6) is 0 Å². The number of rotatable bonds is 1. The second kappa shape index (κ2) is 3.18. The Morgan fingerprint density at radius 3 is 2.78 bits per heavy atom. The summed E-state index contributed by atoms with van der Waals surface area (Å²) in [6.07, 6.45) is 2.61. The first-order chi connectivity index (χ1) is 4.30. The van der Waals surface area contributed by atoms with Crippen LogP contribution < -0.4 is 11.1 Å². The van der Waals surface area contributed by atoms with Crippen LogP contribution in [-0.2, 0) is 0 Å². The van der Waals surface area contributed by atoms with Crippen LogP contribution in [0.4, 0.5) is 0 Å². The summed E-state index contributed by atoms with van der Waals surface area (Å²) >= 11 is 0. The molecule has 0 aromatic carbocycles. The highest BCUT2D eigenvalue weighted by Crippen LogP contribution is 2.11. The third-order valence-corrected chi connectivity index (χ3v) is 2.08. The van der Waals surface area contributed by atoms with Crippen LogP contribution in [0.15, 0.2) is 0 Å². The Bertz CT molecular complexity index is 75.0. The van der Waals surface area contributed by atoms with E-state index in [0.717, 1.165) is 12.5 Å². The highest BCUT2D eigenvalue weighted by molar-refractivity contribution is 4.74. The topological polar surface area (TPSA) is 38.0 Å². The summed E-state index contributed by atoms with van der Waals surface area (Å²) < 4.78 is 0. The summed E-state index contributed by atoms with van der Waals surface area (Å²) in [6, 6.07) is 0.373. The van der Waals surface area contributed by atoms with E-state index in [1.54, 1.807) is 0 Å². The van der Waals surface area contributed by atoms with Gasteiger partial charge in [-0.05, 0) is 38.8 Å². The van der Waals surface area contributed by atoms with Crippen molar-refractivity contribution in [2.75, 3.05) is 13.1 Å². The van der Waals surface area contributed by atoms with E-state index in [9.17, 15) is 0 Å². The highest BCUT2D eigenvalue weighted by atomic mass is 14.9. The molecule has 54 valence electrons. The Morgan fingerprint density at radius 1 is 1.67 bits per heavy atom. The zero-order valence-corrected chi connectivity index (χ0v) is 6.06. The molecule has 1 aliphatic heterocycles. The van der Waals surface area contributed by atoms with Gasteiger partial charge in [-0.15, -0.1) is 0 Å². The molecule has 1 saturated heterocycles. The quantitative estimate of drug-likeness (QED) is 0.534. The van der Waals surface area contributed by atoms with Crippen molar-refractivity contribution >= 4 is 0 Å². The summed E-state index contributed by atoms with van der Waals surface area (Å²) in [4.78, 5) is 0. The molecule has 0 aromatic rings. The monoisotopic (exact) mass is 128 g/mol. The fourth-order valence-corrected chi connectivity index (χ4v) is 1.33. The first-order valence-corrected chi connectivity index (χ1v) is 3.77. The lowest BCUT2D eigenvalue weighted by molar-refractivity contribution is 0.335. The summed E-state index contributed by atoms with van der Waals surface area (Å²) in [7, 11) is 0. The maximum Gasteiger partial charge on any atom is 0.00508 e. The highest BCUT2D eigenvalue weighted by Gasteiger charge is 2.15. The molecule has 0 amide bonds. The van der Waals surface area contributed by atoms with Crippen LogP contribution in [-0.4, -0.2) is 19.1 Å². The average Bonchev–Trinajstić information content (AvgIpc) is 1.90. The molecular formula is C7H16N2. The Morgan fingerprint density at radius 2 is 2.44 bits per heavy atom.